The minimum atomic E-state index is -3.72. The minimum absolute atomic E-state index is 0.101. The van der Waals surface area contributed by atoms with Crippen molar-refractivity contribution in [2.75, 3.05) is 26.0 Å². The fourth-order valence-electron chi connectivity index (χ4n) is 2.46. The van der Waals surface area contributed by atoms with Crippen LogP contribution in [0.25, 0.3) is 0 Å². The van der Waals surface area contributed by atoms with Crippen LogP contribution in [0.4, 0.5) is 4.39 Å². The molecule has 0 amide bonds. The number of halogens is 1. The molecule has 2 aromatic rings. The number of guanidine groups is 1. The van der Waals surface area contributed by atoms with Crippen LogP contribution in [0, 0.1) is 5.82 Å². The molecule has 0 unspecified atom stereocenters. The second-order valence-electron chi connectivity index (χ2n) is 5.64. The summed E-state index contributed by atoms with van der Waals surface area (Å²) in [5, 5.41) is 6.04. The zero-order valence-corrected chi connectivity index (χ0v) is 16.2. The second kappa shape index (κ2) is 9.91. The summed E-state index contributed by atoms with van der Waals surface area (Å²) >= 11 is 0. The Morgan fingerprint density at radius 3 is 2.52 bits per heavy atom. The average molecular weight is 393 g/mol. The lowest BCUT2D eigenvalue weighted by molar-refractivity contribution is 0.336. The Morgan fingerprint density at radius 2 is 1.81 bits per heavy atom. The van der Waals surface area contributed by atoms with E-state index in [0.717, 1.165) is 17.4 Å². The second-order valence-corrected chi connectivity index (χ2v) is 7.72. The van der Waals surface area contributed by atoms with Crippen molar-refractivity contribution < 1.29 is 17.5 Å². The first-order valence-electron chi connectivity index (χ1n) is 8.60. The lowest BCUT2D eigenvalue weighted by atomic mass is 10.2. The highest BCUT2D eigenvalue weighted by atomic mass is 32.2. The summed E-state index contributed by atoms with van der Waals surface area (Å²) in [5.74, 6) is 0.243. The van der Waals surface area contributed by atoms with E-state index in [4.69, 9.17) is 4.74 Å². The highest BCUT2D eigenvalue weighted by Crippen LogP contribution is 2.17. The number of rotatable bonds is 8. The third kappa shape index (κ3) is 5.96. The van der Waals surface area contributed by atoms with Crippen LogP contribution in [0.15, 0.2) is 58.4 Å². The Bertz CT molecular complexity index is 885. The molecule has 2 aromatic carbocycles. The lowest BCUT2D eigenvalue weighted by Crippen LogP contribution is -2.39. The molecule has 0 heterocycles. The molecule has 2 rings (SSSR count). The Hall–Kier alpha value is -2.61. The molecule has 2 N–H and O–H groups in total. The zero-order chi connectivity index (χ0) is 19.7. The van der Waals surface area contributed by atoms with E-state index < -0.39 is 15.7 Å². The van der Waals surface area contributed by atoms with Gasteiger partial charge in [-0.05, 0) is 25.1 Å². The maximum absolute atomic E-state index is 13.7. The van der Waals surface area contributed by atoms with E-state index in [-0.39, 0.29) is 17.2 Å². The van der Waals surface area contributed by atoms with E-state index in [0.29, 0.717) is 19.1 Å². The van der Waals surface area contributed by atoms with Crippen molar-refractivity contribution in [2.24, 2.45) is 4.99 Å². The number of hydrogen-bond acceptors (Lipinski definition) is 4. The van der Waals surface area contributed by atoms with Crippen LogP contribution in [-0.2, 0) is 16.4 Å². The van der Waals surface area contributed by atoms with Crippen LogP contribution in [0.5, 0.6) is 5.75 Å². The van der Waals surface area contributed by atoms with Gasteiger partial charge in [0.25, 0.3) is 0 Å². The molecule has 0 saturated carbocycles. The molecule has 0 saturated heterocycles. The van der Waals surface area contributed by atoms with Crippen molar-refractivity contribution in [3.05, 3.63) is 59.9 Å². The highest BCUT2D eigenvalue weighted by molar-refractivity contribution is 7.91. The van der Waals surface area contributed by atoms with Crippen LogP contribution < -0.4 is 15.4 Å². The average Bonchev–Trinajstić information content (AvgIpc) is 2.66. The number of benzene rings is 2. The van der Waals surface area contributed by atoms with Crippen LogP contribution in [0.2, 0.25) is 0 Å². The van der Waals surface area contributed by atoms with Gasteiger partial charge < -0.3 is 15.4 Å². The smallest absolute Gasteiger partial charge is 0.191 e. The van der Waals surface area contributed by atoms with Gasteiger partial charge in [-0.2, -0.15) is 0 Å². The van der Waals surface area contributed by atoms with Gasteiger partial charge in [0, 0.05) is 25.7 Å². The molecule has 0 aliphatic heterocycles. The zero-order valence-electron chi connectivity index (χ0n) is 15.4. The first-order chi connectivity index (χ1) is 13.0. The van der Waals surface area contributed by atoms with Crippen LogP contribution in [-0.4, -0.2) is 40.3 Å². The predicted octanol–water partition coefficient (Wildman–Crippen LogP) is 2.36. The van der Waals surface area contributed by atoms with Crippen molar-refractivity contribution in [1.82, 2.24) is 10.6 Å². The fraction of sp³-hybridized carbons (Fsp3) is 0.316. The van der Waals surface area contributed by atoms with E-state index in [1.165, 1.54) is 18.2 Å². The summed E-state index contributed by atoms with van der Waals surface area (Å²) in [4.78, 5) is 3.78. The lowest BCUT2D eigenvalue weighted by Gasteiger charge is -2.14. The van der Waals surface area contributed by atoms with E-state index in [2.05, 4.69) is 15.6 Å². The van der Waals surface area contributed by atoms with Crippen LogP contribution in [0.1, 0.15) is 12.5 Å². The quantitative estimate of drug-likeness (QED) is 0.532. The van der Waals surface area contributed by atoms with Crippen molar-refractivity contribution in [1.29, 1.82) is 0 Å². The van der Waals surface area contributed by atoms with Gasteiger partial charge in [0.1, 0.15) is 16.5 Å². The normalized spacial score (nSPS) is 11.9. The SMILES string of the molecule is CCOc1ccccc1CNC(=NC)NCCS(=O)(=O)c1ccccc1F. The van der Waals surface area contributed by atoms with Crippen LogP contribution in [0.3, 0.4) is 0 Å². The van der Waals surface area contributed by atoms with Gasteiger partial charge in [-0.25, -0.2) is 12.8 Å². The first-order valence-corrected chi connectivity index (χ1v) is 10.3. The minimum Gasteiger partial charge on any atom is -0.494 e. The molecule has 27 heavy (non-hydrogen) atoms. The highest BCUT2D eigenvalue weighted by Gasteiger charge is 2.18. The summed E-state index contributed by atoms with van der Waals surface area (Å²) in [6.45, 7) is 3.05. The molecule has 0 fully saturated rings. The molecule has 0 spiro atoms. The summed E-state index contributed by atoms with van der Waals surface area (Å²) in [7, 11) is -2.12. The molecule has 8 heteroatoms. The van der Waals surface area contributed by atoms with Crippen molar-refractivity contribution in [3.63, 3.8) is 0 Å². The number of hydrogen-bond donors (Lipinski definition) is 2. The van der Waals surface area contributed by atoms with E-state index in [1.807, 2.05) is 31.2 Å². The van der Waals surface area contributed by atoms with Crippen molar-refractivity contribution in [3.8, 4) is 5.75 Å². The molecule has 0 radical (unpaired) electrons. The largest absolute Gasteiger partial charge is 0.494 e. The Morgan fingerprint density at radius 1 is 1.11 bits per heavy atom. The number of nitrogens with zero attached hydrogens (tertiary/aromatic N) is 1. The molecule has 0 bridgehead atoms. The molecular weight excluding hydrogens is 369 g/mol. The number of sulfone groups is 1. The van der Waals surface area contributed by atoms with Gasteiger partial charge >= 0.3 is 0 Å². The number of para-hydroxylation sites is 1. The maximum atomic E-state index is 13.7. The molecule has 6 nitrogen and oxygen atoms in total. The third-order valence-electron chi connectivity index (χ3n) is 3.78. The predicted molar refractivity (Wildman–Crippen MR) is 104 cm³/mol. The van der Waals surface area contributed by atoms with Gasteiger partial charge in [0.15, 0.2) is 15.8 Å². The molecule has 0 aromatic heterocycles. The van der Waals surface area contributed by atoms with E-state index >= 15 is 0 Å². The summed E-state index contributed by atoms with van der Waals surface area (Å²) < 4.78 is 43.8. The van der Waals surface area contributed by atoms with Gasteiger partial charge in [0.2, 0.25) is 0 Å². The molecule has 0 aliphatic rings. The fourth-order valence-corrected chi connectivity index (χ4v) is 3.70. The maximum Gasteiger partial charge on any atom is 0.191 e. The summed E-state index contributed by atoms with van der Waals surface area (Å²) in [6.07, 6.45) is 0. The van der Waals surface area contributed by atoms with E-state index in [9.17, 15) is 12.8 Å². The monoisotopic (exact) mass is 393 g/mol. The topological polar surface area (TPSA) is 79.8 Å². The Balaban J connectivity index is 1.90. The summed E-state index contributed by atoms with van der Waals surface area (Å²) in [5.41, 5.74) is 0.960. The number of ether oxygens (including phenoxy) is 1. The standard InChI is InChI=1S/C19H24FN3O3S/c1-3-26-17-10-6-4-8-15(17)14-23-19(21-2)22-12-13-27(24,25)18-11-7-5-9-16(18)20/h4-11H,3,12-14H2,1-2H3,(H2,21,22,23). The van der Waals surface area contributed by atoms with Gasteiger partial charge in [-0.1, -0.05) is 30.3 Å². The first kappa shape index (κ1) is 20.7. The number of nitrogens with one attached hydrogen (secondary N) is 2. The van der Waals surface area contributed by atoms with E-state index in [1.54, 1.807) is 7.05 Å². The molecular formula is C19H24FN3O3S. The Kier molecular flexibility index (Phi) is 7.60. The van der Waals surface area contributed by atoms with Crippen LogP contribution >= 0.6 is 0 Å². The van der Waals surface area contributed by atoms with Crippen molar-refractivity contribution >= 4 is 15.8 Å². The molecule has 0 atom stereocenters. The molecule has 146 valence electrons. The van der Waals surface area contributed by atoms with Gasteiger partial charge in [-0.3, -0.25) is 4.99 Å². The third-order valence-corrected chi connectivity index (χ3v) is 5.52. The van der Waals surface area contributed by atoms with Crippen molar-refractivity contribution in [2.45, 2.75) is 18.4 Å². The molecule has 0 aliphatic carbocycles. The number of aliphatic imine (C=N–C) groups is 1. The van der Waals surface area contributed by atoms with Gasteiger partial charge in [0.05, 0.1) is 12.4 Å². The Labute approximate surface area is 159 Å². The summed E-state index contributed by atoms with van der Waals surface area (Å²) in [6, 6.07) is 13.0. The van der Waals surface area contributed by atoms with Gasteiger partial charge in [-0.15, -0.1) is 0 Å².